The van der Waals surface area contributed by atoms with Crippen LogP contribution >= 0.6 is 0 Å². The molecule has 1 aliphatic rings. The standard InChI is InChI=1S/C17H23NO3/c1-2-3-10-14(15(19)20)18-16(21)17(11-7-12-17)13-8-5-4-6-9-13/h4-6,8-9,14H,2-3,7,10-12H2,1H3,(H,18,21)(H,19,20). The van der Waals surface area contributed by atoms with Gasteiger partial charge in [0.1, 0.15) is 6.04 Å². The highest BCUT2D eigenvalue weighted by molar-refractivity contribution is 5.92. The van der Waals surface area contributed by atoms with Crippen LogP contribution in [-0.2, 0) is 15.0 Å². The van der Waals surface area contributed by atoms with Gasteiger partial charge < -0.3 is 10.4 Å². The Balaban J connectivity index is 2.11. The molecule has 2 N–H and O–H groups in total. The number of hydrogen-bond donors (Lipinski definition) is 2. The summed E-state index contributed by atoms with van der Waals surface area (Å²) in [5.74, 6) is -1.08. The van der Waals surface area contributed by atoms with Gasteiger partial charge in [-0.15, -0.1) is 0 Å². The molecule has 0 saturated heterocycles. The van der Waals surface area contributed by atoms with Crippen molar-refractivity contribution in [2.45, 2.75) is 56.9 Å². The van der Waals surface area contributed by atoms with Gasteiger partial charge in [0.05, 0.1) is 5.41 Å². The second-order valence-corrected chi connectivity index (χ2v) is 5.81. The number of amides is 1. The topological polar surface area (TPSA) is 66.4 Å². The predicted octanol–water partition coefficient (Wildman–Crippen LogP) is 2.87. The number of hydrogen-bond acceptors (Lipinski definition) is 2. The van der Waals surface area contributed by atoms with Gasteiger partial charge in [-0.3, -0.25) is 4.79 Å². The predicted molar refractivity (Wildman–Crippen MR) is 81.1 cm³/mol. The zero-order valence-corrected chi connectivity index (χ0v) is 12.5. The van der Waals surface area contributed by atoms with Gasteiger partial charge in [-0.1, -0.05) is 56.5 Å². The van der Waals surface area contributed by atoms with E-state index in [4.69, 9.17) is 0 Å². The van der Waals surface area contributed by atoms with Crippen LogP contribution in [-0.4, -0.2) is 23.0 Å². The van der Waals surface area contributed by atoms with Gasteiger partial charge in [0, 0.05) is 0 Å². The number of carboxylic acid groups (broad SMARTS) is 1. The Morgan fingerprint density at radius 1 is 1.29 bits per heavy atom. The molecule has 0 spiro atoms. The quantitative estimate of drug-likeness (QED) is 0.811. The average Bonchev–Trinajstić information content (AvgIpc) is 2.43. The smallest absolute Gasteiger partial charge is 0.326 e. The molecule has 21 heavy (non-hydrogen) atoms. The van der Waals surface area contributed by atoms with Gasteiger partial charge in [-0.05, 0) is 24.8 Å². The summed E-state index contributed by atoms with van der Waals surface area (Å²) >= 11 is 0. The van der Waals surface area contributed by atoms with Crippen molar-refractivity contribution in [3.8, 4) is 0 Å². The third-order valence-electron chi connectivity index (χ3n) is 4.42. The fraction of sp³-hybridized carbons (Fsp3) is 0.529. The van der Waals surface area contributed by atoms with Crippen molar-refractivity contribution in [2.24, 2.45) is 0 Å². The average molecular weight is 289 g/mol. The molecule has 114 valence electrons. The van der Waals surface area contributed by atoms with Gasteiger partial charge >= 0.3 is 5.97 Å². The monoisotopic (exact) mass is 289 g/mol. The van der Waals surface area contributed by atoms with Crippen molar-refractivity contribution < 1.29 is 14.7 Å². The number of carbonyl (C=O) groups is 2. The zero-order valence-electron chi connectivity index (χ0n) is 12.5. The van der Waals surface area contributed by atoms with E-state index in [9.17, 15) is 14.7 Å². The number of nitrogens with one attached hydrogen (secondary N) is 1. The number of benzene rings is 1. The number of unbranched alkanes of at least 4 members (excludes halogenated alkanes) is 1. The van der Waals surface area contributed by atoms with Crippen LogP contribution in [0.25, 0.3) is 0 Å². The highest BCUT2D eigenvalue weighted by Crippen LogP contribution is 2.44. The first-order valence-electron chi connectivity index (χ1n) is 7.69. The Morgan fingerprint density at radius 3 is 2.43 bits per heavy atom. The van der Waals surface area contributed by atoms with Gasteiger partial charge in [0.15, 0.2) is 0 Å². The van der Waals surface area contributed by atoms with E-state index in [2.05, 4.69) is 5.32 Å². The van der Waals surface area contributed by atoms with Crippen LogP contribution < -0.4 is 5.32 Å². The molecule has 4 heteroatoms. The molecule has 1 aromatic carbocycles. The van der Waals surface area contributed by atoms with E-state index >= 15 is 0 Å². The Hall–Kier alpha value is -1.84. The summed E-state index contributed by atoms with van der Waals surface area (Å²) in [7, 11) is 0. The van der Waals surface area contributed by atoms with Crippen molar-refractivity contribution in [3.63, 3.8) is 0 Å². The van der Waals surface area contributed by atoms with Crippen molar-refractivity contribution >= 4 is 11.9 Å². The summed E-state index contributed by atoms with van der Waals surface area (Å²) in [6, 6.07) is 8.91. The van der Waals surface area contributed by atoms with Gasteiger partial charge in [0.25, 0.3) is 0 Å². The van der Waals surface area contributed by atoms with Crippen LogP contribution in [0.3, 0.4) is 0 Å². The Labute approximate surface area is 125 Å². The molecule has 1 amide bonds. The van der Waals surface area contributed by atoms with Gasteiger partial charge in [-0.2, -0.15) is 0 Å². The van der Waals surface area contributed by atoms with Crippen LogP contribution in [0.4, 0.5) is 0 Å². The second-order valence-electron chi connectivity index (χ2n) is 5.81. The fourth-order valence-electron chi connectivity index (χ4n) is 2.90. The van der Waals surface area contributed by atoms with E-state index in [1.165, 1.54) is 0 Å². The lowest BCUT2D eigenvalue weighted by Gasteiger charge is -2.41. The molecule has 1 fully saturated rings. The third kappa shape index (κ3) is 3.26. The molecule has 2 rings (SSSR count). The summed E-state index contributed by atoms with van der Waals surface area (Å²) in [5.41, 5.74) is 0.467. The second kappa shape index (κ2) is 6.74. The van der Waals surface area contributed by atoms with Crippen molar-refractivity contribution in [1.82, 2.24) is 5.32 Å². The van der Waals surface area contributed by atoms with Gasteiger partial charge in [0.2, 0.25) is 5.91 Å². The molecule has 4 nitrogen and oxygen atoms in total. The fourth-order valence-corrected chi connectivity index (χ4v) is 2.90. The maximum Gasteiger partial charge on any atom is 0.326 e. The van der Waals surface area contributed by atoms with Crippen molar-refractivity contribution in [1.29, 1.82) is 0 Å². The number of aliphatic carboxylic acids is 1. The van der Waals surface area contributed by atoms with Crippen LogP contribution in [0.15, 0.2) is 30.3 Å². The molecule has 1 atom stereocenters. The minimum atomic E-state index is -0.945. The highest BCUT2D eigenvalue weighted by Gasteiger charge is 2.46. The number of carboxylic acids is 1. The normalized spacial score (nSPS) is 17.6. The van der Waals surface area contributed by atoms with Gasteiger partial charge in [-0.25, -0.2) is 4.79 Å². The van der Waals surface area contributed by atoms with E-state index in [1.54, 1.807) is 0 Å². The Kier molecular flexibility index (Phi) is 4.99. The molecular formula is C17H23NO3. The summed E-state index contributed by atoms with van der Waals surface area (Å²) in [6.07, 6.45) is 4.81. The SMILES string of the molecule is CCCCC(NC(=O)C1(c2ccccc2)CCC1)C(=O)O. The lowest BCUT2D eigenvalue weighted by Crippen LogP contribution is -2.53. The summed E-state index contributed by atoms with van der Waals surface area (Å²) in [5, 5.41) is 12.0. The summed E-state index contributed by atoms with van der Waals surface area (Å²) in [4.78, 5) is 23.9. The summed E-state index contributed by atoms with van der Waals surface area (Å²) in [6.45, 7) is 2.01. The first-order chi connectivity index (χ1) is 10.1. The molecule has 0 aromatic heterocycles. The Morgan fingerprint density at radius 2 is 1.95 bits per heavy atom. The first-order valence-corrected chi connectivity index (χ1v) is 7.69. The van der Waals surface area contributed by atoms with E-state index < -0.39 is 17.4 Å². The van der Waals surface area contributed by atoms with E-state index in [-0.39, 0.29) is 5.91 Å². The maximum atomic E-state index is 12.7. The lowest BCUT2D eigenvalue weighted by molar-refractivity contribution is -0.143. The van der Waals surface area contributed by atoms with Crippen molar-refractivity contribution in [2.75, 3.05) is 0 Å². The number of rotatable bonds is 7. The molecule has 1 unspecified atom stereocenters. The van der Waals surface area contributed by atoms with E-state index in [0.717, 1.165) is 37.7 Å². The molecule has 0 bridgehead atoms. The first kappa shape index (κ1) is 15.5. The zero-order chi connectivity index (χ0) is 15.3. The molecule has 1 aliphatic carbocycles. The number of carbonyl (C=O) groups excluding carboxylic acids is 1. The van der Waals surface area contributed by atoms with Crippen molar-refractivity contribution in [3.05, 3.63) is 35.9 Å². The maximum absolute atomic E-state index is 12.7. The van der Waals surface area contributed by atoms with E-state index in [0.29, 0.717) is 6.42 Å². The largest absolute Gasteiger partial charge is 0.480 e. The molecule has 1 aromatic rings. The molecule has 0 aliphatic heterocycles. The van der Waals surface area contributed by atoms with Crippen LogP contribution in [0.5, 0.6) is 0 Å². The minimum Gasteiger partial charge on any atom is -0.480 e. The molecule has 1 saturated carbocycles. The molecule has 0 heterocycles. The molecular weight excluding hydrogens is 266 g/mol. The minimum absolute atomic E-state index is 0.136. The molecule has 0 radical (unpaired) electrons. The van der Waals surface area contributed by atoms with E-state index in [1.807, 2.05) is 37.3 Å². The van der Waals surface area contributed by atoms with Crippen LogP contribution in [0.1, 0.15) is 51.0 Å². The van der Waals surface area contributed by atoms with Crippen LogP contribution in [0.2, 0.25) is 0 Å². The highest BCUT2D eigenvalue weighted by atomic mass is 16.4. The Bertz CT molecular complexity index is 494. The summed E-state index contributed by atoms with van der Waals surface area (Å²) < 4.78 is 0. The third-order valence-corrected chi connectivity index (χ3v) is 4.42. The lowest BCUT2D eigenvalue weighted by atomic mass is 9.63. The van der Waals surface area contributed by atoms with Crippen LogP contribution in [0, 0.1) is 0 Å².